The number of thioether (sulfide) groups is 1. The topological polar surface area (TPSA) is 83.2 Å². The maximum absolute atomic E-state index is 11.1. The molecule has 33 heavy (non-hydrogen) atoms. The maximum Gasteiger partial charge on any atom is 0.335 e. The lowest BCUT2D eigenvalue weighted by Gasteiger charge is -2.13. The standard InChI is InChI=1S/C27H20N2O3S/c1-32-22-13-11-19(12-14-22)23-15-25(20-5-3-2-4-6-20)29-26(24(23)16-28)33-17-18-7-9-21(10-8-18)27(30)31/h2-15H,17H2,1H3,(H,30,31). The van der Waals surface area contributed by atoms with E-state index in [2.05, 4.69) is 6.07 Å². The minimum atomic E-state index is -0.956. The van der Waals surface area contributed by atoms with Gasteiger partial charge in [-0.15, -0.1) is 11.8 Å². The summed E-state index contributed by atoms with van der Waals surface area (Å²) in [6.45, 7) is 0. The van der Waals surface area contributed by atoms with Gasteiger partial charge in [0.15, 0.2) is 0 Å². The molecule has 0 saturated heterocycles. The lowest BCUT2D eigenvalue weighted by Crippen LogP contribution is -1.97. The second kappa shape index (κ2) is 10.0. The summed E-state index contributed by atoms with van der Waals surface area (Å²) >= 11 is 1.46. The van der Waals surface area contributed by atoms with Gasteiger partial charge in [-0.25, -0.2) is 9.78 Å². The number of nitrogens with zero attached hydrogens (tertiary/aromatic N) is 2. The summed E-state index contributed by atoms with van der Waals surface area (Å²) in [4.78, 5) is 15.9. The molecule has 0 radical (unpaired) electrons. The monoisotopic (exact) mass is 452 g/mol. The van der Waals surface area contributed by atoms with Crippen LogP contribution in [0.4, 0.5) is 0 Å². The summed E-state index contributed by atoms with van der Waals surface area (Å²) in [7, 11) is 1.62. The van der Waals surface area contributed by atoms with E-state index < -0.39 is 5.97 Å². The van der Waals surface area contributed by atoms with Crippen LogP contribution in [-0.4, -0.2) is 23.2 Å². The number of pyridine rings is 1. The first-order valence-corrected chi connectivity index (χ1v) is 11.2. The summed E-state index contributed by atoms with van der Waals surface area (Å²) in [6, 6.07) is 28.5. The predicted octanol–water partition coefficient (Wildman–Crippen LogP) is 6.29. The van der Waals surface area contributed by atoms with Crippen LogP contribution in [0, 0.1) is 11.3 Å². The SMILES string of the molecule is COc1ccc(-c2cc(-c3ccccc3)nc(SCc3ccc(C(=O)O)cc3)c2C#N)cc1. The Labute approximate surface area is 196 Å². The quantitative estimate of drug-likeness (QED) is 0.332. The highest BCUT2D eigenvalue weighted by atomic mass is 32.2. The van der Waals surface area contributed by atoms with E-state index in [0.29, 0.717) is 16.3 Å². The molecule has 4 rings (SSSR count). The summed E-state index contributed by atoms with van der Waals surface area (Å²) in [5.74, 6) is 0.346. The molecule has 1 N–H and O–H groups in total. The number of carboxylic acids is 1. The molecular formula is C27H20N2O3S. The minimum absolute atomic E-state index is 0.243. The van der Waals surface area contributed by atoms with Crippen molar-refractivity contribution >= 4 is 17.7 Å². The fourth-order valence-corrected chi connectivity index (χ4v) is 4.34. The van der Waals surface area contributed by atoms with Crippen LogP contribution in [-0.2, 0) is 5.75 Å². The third-order valence-corrected chi connectivity index (χ3v) is 6.19. The van der Waals surface area contributed by atoms with Crippen LogP contribution in [0.25, 0.3) is 22.4 Å². The number of nitriles is 1. The van der Waals surface area contributed by atoms with Gasteiger partial charge in [-0.2, -0.15) is 5.26 Å². The molecule has 0 saturated carbocycles. The number of methoxy groups -OCH3 is 1. The molecule has 4 aromatic rings. The molecule has 1 aromatic heterocycles. The van der Waals surface area contributed by atoms with E-state index >= 15 is 0 Å². The number of ether oxygens (including phenoxy) is 1. The van der Waals surface area contributed by atoms with Crippen molar-refractivity contribution in [1.29, 1.82) is 5.26 Å². The number of carbonyl (C=O) groups is 1. The van der Waals surface area contributed by atoms with E-state index in [1.54, 1.807) is 31.4 Å². The molecule has 0 bridgehead atoms. The van der Waals surface area contributed by atoms with Crippen LogP contribution in [0.15, 0.2) is 90.0 Å². The van der Waals surface area contributed by atoms with Crippen molar-refractivity contribution < 1.29 is 14.6 Å². The van der Waals surface area contributed by atoms with Gasteiger partial charge in [0, 0.05) is 16.9 Å². The number of aromatic carboxylic acids is 1. The Balaban J connectivity index is 1.75. The maximum atomic E-state index is 11.1. The van der Waals surface area contributed by atoms with Crippen LogP contribution in [0.3, 0.4) is 0 Å². The molecule has 0 spiro atoms. The average molecular weight is 453 g/mol. The molecule has 6 heteroatoms. The van der Waals surface area contributed by atoms with E-state index in [4.69, 9.17) is 14.8 Å². The fraction of sp³-hybridized carbons (Fsp3) is 0.0741. The van der Waals surface area contributed by atoms with E-state index in [9.17, 15) is 10.1 Å². The lowest BCUT2D eigenvalue weighted by molar-refractivity contribution is 0.0697. The Kier molecular flexibility index (Phi) is 6.72. The molecule has 1 heterocycles. The highest BCUT2D eigenvalue weighted by molar-refractivity contribution is 7.98. The van der Waals surface area contributed by atoms with Gasteiger partial charge >= 0.3 is 5.97 Å². The first-order valence-electron chi connectivity index (χ1n) is 10.2. The molecule has 0 unspecified atom stereocenters. The molecule has 0 aliphatic heterocycles. The minimum Gasteiger partial charge on any atom is -0.497 e. The number of hydrogen-bond donors (Lipinski definition) is 1. The van der Waals surface area contributed by atoms with Gasteiger partial charge < -0.3 is 9.84 Å². The Hall–Kier alpha value is -4.08. The fourth-order valence-electron chi connectivity index (χ4n) is 3.38. The van der Waals surface area contributed by atoms with Crippen LogP contribution >= 0.6 is 11.8 Å². The Morgan fingerprint density at radius 2 is 1.70 bits per heavy atom. The molecule has 0 aliphatic rings. The van der Waals surface area contributed by atoms with Gasteiger partial charge in [0.05, 0.1) is 23.9 Å². The summed E-state index contributed by atoms with van der Waals surface area (Å²) in [6.07, 6.45) is 0. The van der Waals surface area contributed by atoms with Gasteiger partial charge in [-0.1, -0.05) is 54.6 Å². The Morgan fingerprint density at radius 1 is 1.00 bits per heavy atom. The smallest absolute Gasteiger partial charge is 0.335 e. The highest BCUT2D eigenvalue weighted by Gasteiger charge is 2.16. The van der Waals surface area contributed by atoms with Crippen LogP contribution in [0.5, 0.6) is 5.75 Å². The number of aromatic nitrogens is 1. The third kappa shape index (κ3) is 5.05. The van der Waals surface area contributed by atoms with Gasteiger partial charge in [0.1, 0.15) is 16.8 Å². The molecular weight excluding hydrogens is 432 g/mol. The van der Waals surface area contributed by atoms with Crippen LogP contribution in [0.2, 0.25) is 0 Å². The van der Waals surface area contributed by atoms with E-state index in [1.807, 2.05) is 60.7 Å². The second-order valence-electron chi connectivity index (χ2n) is 7.23. The third-order valence-electron chi connectivity index (χ3n) is 5.15. The van der Waals surface area contributed by atoms with Crippen molar-refractivity contribution in [1.82, 2.24) is 4.98 Å². The molecule has 5 nitrogen and oxygen atoms in total. The molecule has 0 aliphatic carbocycles. The molecule has 162 valence electrons. The zero-order valence-corrected chi connectivity index (χ0v) is 18.7. The van der Waals surface area contributed by atoms with Gasteiger partial charge in [0.25, 0.3) is 0 Å². The first-order chi connectivity index (χ1) is 16.1. The van der Waals surface area contributed by atoms with E-state index in [-0.39, 0.29) is 5.56 Å². The van der Waals surface area contributed by atoms with Gasteiger partial charge in [-0.05, 0) is 41.5 Å². The van der Waals surface area contributed by atoms with Crippen molar-refractivity contribution in [3.63, 3.8) is 0 Å². The number of rotatable bonds is 7. The highest BCUT2D eigenvalue weighted by Crippen LogP contribution is 2.35. The molecule has 0 fully saturated rings. The Morgan fingerprint density at radius 3 is 2.30 bits per heavy atom. The van der Waals surface area contributed by atoms with Crippen molar-refractivity contribution in [3.05, 3.63) is 102 Å². The largest absolute Gasteiger partial charge is 0.497 e. The number of hydrogen-bond acceptors (Lipinski definition) is 5. The van der Waals surface area contributed by atoms with Gasteiger partial charge in [0.2, 0.25) is 0 Å². The number of carboxylic acid groups (broad SMARTS) is 1. The lowest BCUT2D eigenvalue weighted by atomic mass is 9.99. The molecule has 3 aromatic carbocycles. The number of benzene rings is 3. The predicted molar refractivity (Wildman–Crippen MR) is 129 cm³/mol. The zero-order chi connectivity index (χ0) is 23.2. The van der Waals surface area contributed by atoms with Crippen molar-refractivity contribution in [2.45, 2.75) is 10.8 Å². The van der Waals surface area contributed by atoms with Crippen molar-refractivity contribution in [2.24, 2.45) is 0 Å². The van der Waals surface area contributed by atoms with Crippen molar-refractivity contribution in [2.75, 3.05) is 7.11 Å². The van der Waals surface area contributed by atoms with Crippen LogP contribution < -0.4 is 4.74 Å². The normalized spacial score (nSPS) is 10.4. The average Bonchev–Trinajstić information content (AvgIpc) is 2.87. The van der Waals surface area contributed by atoms with Crippen LogP contribution in [0.1, 0.15) is 21.5 Å². The van der Waals surface area contributed by atoms with Crippen molar-refractivity contribution in [3.8, 4) is 34.2 Å². The summed E-state index contributed by atoms with van der Waals surface area (Å²) in [5, 5.41) is 19.8. The second-order valence-corrected chi connectivity index (χ2v) is 8.20. The zero-order valence-electron chi connectivity index (χ0n) is 17.9. The molecule has 0 atom stereocenters. The molecule has 0 amide bonds. The summed E-state index contributed by atoms with van der Waals surface area (Å²) in [5.41, 5.74) is 5.15. The van der Waals surface area contributed by atoms with E-state index in [0.717, 1.165) is 33.7 Å². The first kappa shape index (κ1) is 22.1. The van der Waals surface area contributed by atoms with E-state index in [1.165, 1.54) is 11.8 Å². The summed E-state index contributed by atoms with van der Waals surface area (Å²) < 4.78 is 5.27. The Bertz CT molecular complexity index is 1310. The van der Waals surface area contributed by atoms with Gasteiger partial charge in [-0.3, -0.25) is 0 Å².